The van der Waals surface area contributed by atoms with Gasteiger partial charge in [-0.3, -0.25) is 4.79 Å². The van der Waals surface area contributed by atoms with Gasteiger partial charge in [0.1, 0.15) is 11.5 Å². The lowest BCUT2D eigenvalue weighted by Crippen LogP contribution is -2.37. The van der Waals surface area contributed by atoms with Crippen LogP contribution in [0.15, 0.2) is 52.6 Å². The number of tetrazole rings is 1. The number of rotatable bonds is 7. The Morgan fingerprint density at radius 2 is 1.96 bits per heavy atom. The highest BCUT2D eigenvalue weighted by molar-refractivity contribution is 7.12. The highest BCUT2D eigenvalue weighted by Gasteiger charge is 2.19. The van der Waals surface area contributed by atoms with Crippen LogP contribution in [0.1, 0.15) is 19.8 Å². The number of carbonyl (C=O) groups is 1. The highest BCUT2D eigenvalue weighted by Crippen LogP contribution is 2.15. The molecule has 130 valence electrons. The lowest BCUT2D eigenvalue weighted by Gasteiger charge is -2.22. The summed E-state index contributed by atoms with van der Waals surface area (Å²) in [4.78, 5) is 26.9. The van der Waals surface area contributed by atoms with Crippen LogP contribution in [0.25, 0.3) is 5.00 Å². The molecule has 0 spiro atoms. The molecule has 8 heteroatoms. The fourth-order valence-electron chi connectivity index (χ4n) is 2.44. The van der Waals surface area contributed by atoms with E-state index in [0.29, 0.717) is 11.5 Å². The molecule has 0 aliphatic rings. The number of hydrogen-bond donors (Lipinski definition) is 0. The molecule has 1 amide bonds. The van der Waals surface area contributed by atoms with Crippen LogP contribution >= 0.6 is 11.3 Å². The van der Waals surface area contributed by atoms with Crippen molar-refractivity contribution in [2.45, 2.75) is 26.3 Å². The summed E-state index contributed by atoms with van der Waals surface area (Å²) >= 11 is 1.39. The molecule has 0 unspecified atom stereocenters. The quantitative estimate of drug-likeness (QED) is 0.650. The van der Waals surface area contributed by atoms with E-state index in [2.05, 4.69) is 17.4 Å². The average Bonchev–Trinajstić information content (AvgIpc) is 3.27. The van der Waals surface area contributed by atoms with Crippen LogP contribution in [-0.4, -0.2) is 32.2 Å². The Morgan fingerprint density at radius 1 is 1.16 bits per heavy atom. The zero-order valence-corrected chi connectivity index (χ0v) is 14.7. The van der Waals surface area contributed by atoms with Gasteiger partial charge in [-0.2, -0.15) is 9.36 Å². The van der Waals surface area contributed by atoms with Gasteiger partial charge < -0.3 is 4.90 Å². The van der Waals surface area contributed by atoms with Crippen LogP contribution in [-0.2, 0) is 11.3 Å². The molecular formula is C17H19N5O2S. The molecule has 0 atom stereocenters. The minimum Gasteiger partial charge on any atom is -0.311 e. The Hall–Kier alpha value is -2.74. The van der Waals surface area contributed by atoms with E-state index in [0.717, 1.165) is 23.2 Å². The number of amides is 1. The van der Waals surface area contributed by atoms with Crippen LogP contribution in [0.2, 0.25) is 0 Å². The summed E-state index contributed by atoms with van der Waals surface area (Å²) < 4.78 is 2.31. The van der Waals surface area contributed by atoms with Gasteiger partial charge in [0.05, 0.1) is 0 Å². The second-order valence-corrected chi connectivity index (χ2v) is 6.44. The van der Waals surface area contributed by atoms with Crippen molar-refractivity contribution in [1.29, 1.82) is 0 Å². The molecule has 0 saturated heterocycles. The van der Waals surface area contributed by atoms with E-state index >= 15 is 0 Å². The van der Waals surface area contributed by atoms with E-state index in [4.69, 9.17) is 0 Å². The number of para-hydroxylation sites is 1. The third-order valence-corrected chi connectivity index (χ3v) is 4.59. The Morgan fingerprint density at radius 3 is 2.64 bits per heavy atom. The molecule has 3 rings (SSSR count). The summed E-state index contributed by atoms with van der Waals surface area (Å²) in [6.45, 7) is 2.54. The summed E-state index contributed by atoms with van der Waals surface area (Å²) in [7, 11) is 0. The van der Waals surface area contributed by atoms with E-state index in [1.165, 1.54) is 16.0 Å². The van der Waals surface area contributed by atoms with Crippen molar-refractivity contribution in [1.82, 2.24) is 19.8 Å². The summed E-state index contributed by atoms with van der Waals surface area (Å²) in [5.41, 5.74) is 0.402. The maximum Gasteiger partial charge on any atom is 0.369 e. The second kappa shape index (κ2) is 7.89. The Kier molecular flexibility index (Phi) is 5.39. The molecule has 7 nitrogen and oxygen atoms in total. The van der Waals surface area contributed by atoms with Crippen molar-refractivity contribution in [3.63, 3.8) is 0 Å². The number of anilines is 1. The zero-order valence-electron chi connectivity index (χ0n) is 13.9. The zero-order chi connectivity index (χ0) is 17.6. The van der Waals surface area contributed by atoms with Gasteiger partial charge in [0, 0.05) is 12.2 Å². The van der Waals surface area contributed by atoms with E-state index in [1.54, 1.807) is 11.0 Å². The van der Waals surface area contributed by atoms with Gasteiger partial charge in [-0.15, -0.1) is 11.3 Å². The highest BCUT2D eigenvalue weighted by atomic mass is 32.1. The van der Waals surface area contributed by atoms with Crippen LogP contribution in [0, 0.1) is 0 Å². The monoisotopic (exact) mass is 357 g/mol. The lowest BCUT2D eigenvalue weighted by molar-refractivity contribution is -0.119. The number of benzene rings is 1. The standard InChI is InChI=1S/C17H19N5O2S/c1-2-3-11-20(14-8-5-4-6-9-14)15(23)13-21-17(24)22(19-18-21)16-10-7-12-25-16/h4-10,12H,2-3,11,13H2,1H3. The first kappa shape index (κ1) is 17.1. The third-order valence-electron chi connectivity index (χ3n) is 3.74. The molecule has 2 heterocycles. The fraction of sp³-hybridized carbons (Fsp3) is 0.294. The molecule has 0 fully saturated rings. The number of unbranched alkanes of at least 4 members (excludes halogenated alkanes) is 1. The molecule has 0 saturated carbocycles. The van der Waals surface area contributed by atoms with Crippen LogP contribution in [0.3, 0.4) is 0 Å². The summed E-state index contributed by atoms with van der Waals surface area (Å²) in [6.07, 6.45) is 1.86. The number of nitrogens with zero attached hydrogens (tertiary/aromatic N) is 5. The predicted octanol–water partition coefficient (Wildman–Crippen LogP) is 2.32. The predicted molar refractivity (Wildman–Crippen MR) is 97.2 cm³/mol. The Labute approximate surface area is 149 Å². The molecule has 1 aromatic carbocycles. The minimum absolute atomic E-state index is 0.136. The van der Waals surface area contributed by atoms with Gasteiger partial charge in [0.25, 0.3) is 0 Å². The second-order valence-electron chi connectivity index (χ2n) is 5.52. The van der Waals surface area contributed by atoms with Crippen molar-refractivity contribution in [3.8, 4) is 5.00 Å². The topological polar surface area (TPSA) is 73.0 Å². The van der Waals surface area contributed by atoms with Gasteiger partial charge in [0.2, 0.25) is 5.91 Å². The number of thiophene rings is 1. The first-order valence-electron chi connectivity index (χ1n) is 8.13. The molecule has 2 aromatic heterocycles. The van der Waals surface area contributed by atoms with Crippen molar-refractivity contribution in [2.24, 2.45) is 0 Å². The number of hydrogen-bond acceptors (Lipinski definition) is 5. The normalized spacial score (nSPS) is 10.8. The van der Waals surface area contributed by atoms with Crippen molar-refractivity contribution >= 4 is 22.9 Å². The SMILES string of the molecule is CCCCN(C(=O)Cn1nnn(-c2cccs2)c1=O)c1ccccc1. The summed E-state index contributed by atoms with van der Waals surface area (Å²) in [6, 6.07) is 13.1. The van der Waals surface area contributed by atoms with E-state index in [-0.39, 0.29) is 12.5 Å². The van der Waals surface area contributed by atoms with Crippen LogP contribution < -0.4 is 10.6 Å². The van der Waals surface area contributed by atoms with Crippen molar-refractivity contribution in [2.75, 3.05) is 11.4 Å². The van der Waals surface area contributed by atoms with E-state index < -0.39 is 5.69 Å². The van der Waals surface area contributed by atoms with Crippen LogP contribution in [0.5, 0.6) is 0 Å². The first-order chi connectivity index (χ1) is 12.2. The van der Waals surface area contributed by atoms with E-state index in [9.17, 15) is 9.59 Å². The Bertz CT molecular complexity index is 870. The molecule has 0 N–H and O–H groups in total. The average molecular weight is 357 g/mol. The lowest BCUT2D eigenvalue weighted by atomic mass is 10.2. The smallest absolute Gasteiger partial charge is 0.311 e. The van der Waals surface area contributed by atoms with Gasteiger partial charge in [-0.25, -0.2) is 4.79 Å². The number of carbonyl (C=O) groups excluding carboxylic acids is 1. The Balaban J connectivity index is 1.81. The minimum atomic E-state index is -0.417. The first-order valence-corrected chi connectivity index (χ1v) is 9.00. The summed E-state index contributed by atoms with van der Waals surface area (Å²) in [5, 5.41) is 10.2. The molecule has 3 aromatic rings. The van der Waals surface area contributed by atoms with Crippen LogP contribution in [0.4, 0.5) is 5.69 Å². The molecule has 0 bridgehead atoms. The maximum absolute atomic E-state index is 12.8. The molecule has 0 radical (unpaired) electrons. The van der Waals surface area contributed by atoms with Gasteiger partial charge in [-0.05, 0) is 46.5 Å². The van der Waals surface area contributed by atoms with Crippen molar-refractivity contribution < 1.29 is 4.79 Å². The van der Waals surface area contributed by atoms with Gasteiger partial charge in [-0.1, -0.05) is 31.5 Å². The summed E-state index contributed by atoms with van der Waals surface area (Å²) in [5.74, 6) is -0.181. The third kappa shape index (κ3) is 3.85. The fourth-order valence-corrected chi connectivity index (χ4v) is 3.11. The van der Waals surface area contributed by atoms with Crippen molar-refractivity contribution in [3.05, 3.63) is 58.3 Å². The molecule has 0 aliphatic carbocycles. The molecular weight excluding hydrogens is 338 g/mol. The molecule has 0 aliphatic heterocycles. The largest absolute Gasteiger partial charge is 0.369 e. The maximum atomic E-state index is 12.8. The number of aromatic nitrogens is 4. The molecule has 25 heavy (non-hydrogen) atoms. The van der Waals surface area contributed by atoms with Gasteiger partial charge in [0.15, 0.2) is 0 Å². The van der Waals surface area contributed by atoms with E-state index in [1.807, 2.05) is 41.8 Å². The van der Waals surface area contributed by atoms with Gasteiger partial charge >= 0.3 is 5.69 Å².